The molecule has 0 saturated heterocycles. The average Bonchev–Trinajstić information content (AvgIpc) is 2.84. The number of aryl methyl sites for hydroxylation is 2. The minimum absolute atomic E-state index is 0.113. The van der Waals surface area contributed by atoms with Gasteiger partial charge in [-0.3, -0.25) is 0 Å². The number of rotatable bonds is 7. The number of hydrogen-bond acceptors (Lipinski definition) is 4. The second kappa shape index (κ2) is 8.03. The van der Waals surface area contributed by atoms with Gasteiger partial charge < -0.3 is 10.1 Å². The van der Waals surface area contributed by atoms with Crippen LogP contribution in [-0.4, -0.2) is 25.2 Å². The minimum atomic E-state index is 0.113. The molecule has 0 bridgehead atoms. The SMILES string of the molecule is CCc1nc(C(NCCOC)c2cccc(Br)c2)sc1C. The Hall–Kier alpha value is -0.750. The monoisotopic (exact) mass is 368 g/mol. The van der Waals surface area contributed by atoms with Crippen molar-refractivity contribution in [2.24, 2.45) is 0 Å². The Morgan fingerprint density at radius 3 is 2.86 bits per heavy atom. The molecule has 1 aromatic carbocycles. The number of hydrogen-bond donors (Lipinski definition) is 1. The highest BCUT2D eigenvalue weighted by Gasteiger charge is 2.19. The zero-order valence-electron chi connectivity index (χ0n) is 12.6. The number of nitrogens with zero attached hydrogens (tertiary/aromatic N) is 1. The molecule has 0 aliphatic heterocycles. The molecule has 1 aromatic heterocycles. The van der Waals surface area contributed by atoms with E-state index in [1.54, 1.807) is 18.4 Å². The largest absolute Gasteiger partial charge is 0.383 e. The Morgan fingerprint density at radius 1 is 1.43 bits per heavy atom. The quantitative estimate of drug-likeness (QED) is 0.746. The van der Waals surface area contributed by atoms with Crippen LogP contribution < -0.4 is 5.32 Å². The Balaban J connectivity index is 2.30. The van der Waals surface area contributed by atoms with Gasteiger partial charge in [0, 0.05) is 23.0 Å². The van der Waals surface area contributed by atoms with E-state index in [1.165, 1.54) is 16.1 Å². The summed E-state index contributed by atoms with van der Waals surface area (Å²) in [6, 6.07) is 8.50. The lowest BCUT2D eigenvalue weighted by Gasteiger charge is -2.17. The molecule has 1 N–H and O–H groups in total. The van der Waals surface area contributed by atoms with Crippen LogP contribution in [0.2, 0.25) is 0 Å². The van der Waals surface area contributed by atoms with Crippen LogP contribution in [-0.2, 0) is 11.2 Å². The van der Waals surface area contributed by atoms with Crippen molar-refractivity contribution >= 4 is 27.3 Å². The van der Waals surface area contributed by atoms with Crippen LogP contribution in [0.3, 0.4) is 0 Å². The highest BCUT2D eigenvalue weighted by atomic mass is 79.9. The van der Waals surface area contributed by atoms with E-state index in [2.05, 4.69) is 53.3 Å². The van der Waals surface area contributed by atoms with Gasteiger partial charge in [-0.25, -0.2) is 4.98 Å². The summed E-state index contributed by atoms with van der Waals surface area (Å²) < 4.78 is 6.23. The fraction of sp³-hybridized carbons (Fsp3) is 0.438. The molecule has 0 radical (unpaired) electrons. The first-order valence-corrected chi connectivity index (χ1v) is 8.70. The van der Waals surface area contributed by atoms with Crippen molar-refractivity contribution in [1.29, 1.82) is 0 Å². The van der Waals surface area contributed by atoms with Crippen LogP contribution in [0.1, 0.15) is 34.1 Å². The molecule has 114 valence electrons. The van der Waals surface area contributed by atoms with E-state index in [1.807, 2.05) is 6.07 Å². The predicted octanol–water partition coefficient (Wildman–Crippen LogP) is 4.10. The molecule has 0 aliphatic rings. The van der Waals surface area contributed by atoms with Crippen LogP contribution in [0, 0.1) is 6.92 Å². The topological polar surface area (TPSA) is 34.2 Å². The van der Waals surface area contributed by atoms with Crippen LogP contribution in [0.5, 0.6) is 0 Å². The Kier molecular flexibility index (Phi) is 6.36. The second-order valence-corrected chi connectivity index (χ2v) is 6.99. The molecule has 0 aliphatic carbocycles. The molecule has 2 rings (SSSR count). The summed E-state index contributed by atoms with van der Waals surface area (Å²) in [6.07, 6.45) is 0.978. The van der Waals surface area contributed by atoms with Gasteiger partial charge in [-0.2, -0.15) is 0 Å². The summed E-state index contributed by atoms with van der Waals surface area (Å²) >= 11 is 5.32. The Bertz CT molecular complexity index is 585. The number of nitrogens with one attached hydrogen (secondary N) is 1. The van der Waals surface area contributed by atoms with Gasteiger partial charge in [-0.15, -0.1) is 11.3 Å². The molecule has 21 heavy (non-hydrogen) atoms. The molecular weight excluding hydrogens is 348 g/mol. The normalized spacial score (nSPS) is 12.6. The molecule has 0 saturated carbocycles. The van der Waals surface area contributed by atoms with Gasteiger partial charge in [-0.05, 0) is 31.0 Å². The fourth-order valence-electron chi connectivity index (χ4n) is 2.24. The van der Waals surface area contributed by atoms with E-state index in [0.717, 1.165) is 22.4 Å². The van der Waals surface area contributed by atoms with Crippen molar-refractivity contribution in [2.75, 3.05) is 20.3 Å². The lowest BCUT2D eigenvalue weighted by molar-refractivity contribution is 0.197. The zero-order valence-corrected chi connectivity index (χ0v) is 15.1. The van der Waals surface area contributed by atoms with Gasteiger partial charge in [0.25, 0.3) is 0 Å². The third kappa shape index (κ3) is 4.36. The maximum absolute atomic E-state index is 5.15. The highest BCUT2D eigenvalue weighted by Crippen LogP contribution is 2.29. The van der Waals surface area contributed by atoms with E-state index in [0.29, 0.717) is 6.61 Å². The molecule has 0 amide bonds. The van der Waals surface area contributed by atoms with Crippen LogP contribution in [0.15, 0.2) is 28.7 Å². The molecule has 2 aromatic rings. The molecule has 1 atom stereocenters. The van der Waals surface area contributed by atoms with Gasteiger partial charge >= 0.3 is 0 Å². The third-order valence-electron chi connectivity index (χ3n) is 3.33. The van der Waals surface area contributed by atoms with Crippen LogP contribution >= 0.6 is 27.3 Å². The molecule has 0 fully saturated rings. The van der Waals surface area contributed by atoms with E-state index in [-0.39, 0.29) is 6.04 Å². The number of thiazole rings is 1. The molecular formula is C16H21BrN2OS. The average molecular weight is 369 g/mol. The maximum Gasteiger partial charge on any atom is 0.115 e. The number of aromatic nitrogens is 1. The zero-order chi connectivity index (χ0) is 15.2. The summed E-state index contributed by atoms with van der Waals surface area (Å²) in [5, 5.41) is 4.67. The van der Waals surface area contributed by atoms with Crippen LogP contribution in [0.25, 0.3) is 0 Å². The standard InChI is InChI=1S/C16H21BrN2OS/c1-4-14-11(2)21-16(19-14)15(18-8-9-20-3)12-6-5-7-13(17)10-12/h5-7,10,15,18H,4,8-9H2,1-3H3. The summed E-state index contributed by atoms with van der Waals surface area (Å²) in [4.78, 5) is 6.12. The molecule has 0 spiro atoms. The highest BCUT2D eigenvalue weighted by molar-refractivity contribution is 9.10. The van der Waals surface area contributed by atoms with Gasteiger partial charge in [0.15, 0.2) is 0 Å². The first-order chi connectivity index (χ1) is 10.2. The minimum Gasteiger partial charge on any atom is -0.383 e. The van der Waals surface area contributed by atoms with Crippen molar-refractivity contribution in [1.82, 2.24) is 10.3 Å². The first kappa shape index (κ1) is 16.6. The summed E-state index contributed by atoms with van der Waals surface area (Å²) in [6.45, 7) is 5.79. The molecule has 1 unspecified atom stereocenters. The molecule has 1 heterocycles. The van der Waals surface area contributed by atoms with E-state index < -0.39 is 0 Å². The summed E-state index contributed by atoms with van der Waals surface area (Å²) in [5.41, 5.74) is 2.42. The smallest absolute Gasteiger partial charge is 0.115 e. The predicted molar refractivity (Wildman–Crippen MR) is 92.1 cm³/mol. The number of ether oxygens (including phenoxy) is 1. The summed E-state index contributed by atoms with van der Waals surface area (Å²) in [5.74, 6) is 0. The van der Waals surface area contributed by atoms with Crippen molar-refractivity contribution < 1.29 is 4.74 Å². The number of methoxy groups -OCH3 is 1. The van der Waals surface area contributed by atoms with Crippen molar-refractivity contribution in [2.45, 2.75) is 26.3 Å². The second-order valence-electron chi connectivity index (χ2n) is 4.84. The Labute approximate surface area is 138 Å². The lowest BCUT2D eigenvalue weighted by Crippen LogP contribution is -2.26. The number of halogens is 1. The van der Waals surface area contributed by atoms with E-state index in [9.17, 15) is 0 Å². The van der Waals surface area contributed by atoms with Gasteiger partial charge in [0.1, 0.15) is 5.01 Å². The number of benzene rings is 1. The lowest BCUT2D eigenvalue weighted by atomic mass is 10.1. The van der Waals surface area contributed by atoms with Crippen molar-refractivity contribution in [3.05, 3.63) is 49.9 Å². The van der Waals surface area contributed by atoms with Gasteiger partial charge in [0.05, 0.1) is 18.3 Å². The van der Waals surface area contributed by atoms with Gasteiger partial charge in [-0.1, -0.05) is 35.0 Å². The van der Waals surface area contributed by atoms with Crippen LogP contribution in [0.4, 0.5) is 0 Å². The van der Waals surface area contributed by atoms with Crippen molar-refractivity contribution in [3.8, 4) is 0 Å². The molecule has 3 nitrogen and oxygen atoms in total. The van der Waals surface area contributed by atoms with Crippen molar-refractivity contribution in [3.63, 3.8) is 0 Å². The Morgan fingerprint density at radius 2 is 2.24 bits per heavy atom. The van der Waals surface area contributed by atoms with E-state index >= 15 is 0 Å². The van der Waals surface area contributed by atoms with E-state index in [4.69, 9.17) is 9.72 Å². The summed E-state index contributed by atoms with van der Waals surface area (Å²) in [7, 11) is 1.72. The first-order valence-electron chi connectivity index (χ1n) is 7.09. The third-order valence-corrected chi connectivity index (χ3v) is 4.90. The fourth-order valence-corrected chi connectivity index (χ4v) is 3.77. The molecule has 5 heteroatoms. The maximum atomic E-state index is 5.15. The van der Waals surface area contributed by atoms with Gasteiger partial charge in [0.2, 0.25) is 0 Å².